The average molecular weight is 281 g/mol. The number of rotatable bonds is 5. The van der Waals surface area contributed by atoms with Gasteiger partial charge in [-0.05, 0) is 24.7 Å². The summed E-state index contributed by atoms with van der Waals surface area (Å²) in [5.41, 5.74) is 6.00. The molecule has 0 aliphatic heterocycles. The van der Waals surface area contributed by atoms with Crippen molar-refractivity contribution in [2.45, 2.75) is 45.6 Å². The molecule has 2 rings (SSSR count). The molecular formula is C14H23N3OS. The van der Waals surface area contributed by atoms with Crippen LogP contribution in [0.25, 0.3) is 0 Å². The molecule has 0 unspecified atom stereocenters. The van der Waals surface area contributed by atoms with Crippen molar-refractivity contribution in [3.8, 4) is 0 Å². The van der Waals surface area contributed by atoms with E-state index in [2.05, 4.69) is 17.2 Å². The van der Waals surface area contributed by atoms with E-state index in [1.807, 2.05) is 0 Å². The van der Waals surface area contributed by atoms with E-state index in [0.717, 1.165) is 17.5 Å². The van der Waals surface area contributed by atoms with Gasteiger partial charge in [0.05, 0.1) is 0 Å². The number of aromatic nitrogens is 1. The van der Waals surface area contributed by atoms with Gasteiger partial charge in [0.15, 0.2) is 0 Å². The zero-order valence-electron chi connectivity index (χ0n) is 11.5. The summed E-state index contributed by atoms with van der Waals surface area (Å²) in [6.07, 6.45) is 6.39. The Labute approximate surface area is 118 Å². The minimum Gasteiger partial charge on any atom is -0.350 e. The Kier molecular flexibility index (Phi) is 5.34. The first kappa shape index (κ1) is 14.5. The lowest BCUT2D eigenvalue weighted by molar-refractivity contribution is 0.0936. The summed E-state index contributed by atoms with van der Waals surface area (Å²) in [7, 11) is 0. The second kappa shape index (κ2) is 7.01. The summed E-state index contributed by atoms with van der Waals surface area (Å²) in [6.45, 7) is 3.45. The molecule has 4 nitrogen and oxygen atoms in total. The lowest BCUT2D eigenvalue weighted by Gasteiger charge is -2.27. The van der Waals surface area contributed by atoms with Gasteiger partial charge in [-0.25, -0.2) is 4.98 Å². The number of thiazole rings is 1. The molecule has 1 saturated carbocycles. The second-order valence-electron chi connectivity index (χ2n) is 5.34. The molecule has 1 fully saturated rings. The van der Waals surface area contributed by atoms with Crippen LogP contribution in [0, 0.1) is 11.8 Å². The van der Waals surface area contributed by atoms with Gasteiger partial charge in [0.1, 0.15) is 10.7 Å². The Bertz CT molecular complexity index is 411. The number of hydrogen-bond acceptors (Lipinski definition) is 4. The molecule has 106 valence electrons. The van der Waals surface area contributed by atoms with Crippen molar-refractivity contribution in [3.05, 3.63) is 16.1 Å². The molecule has 1 aliphatic carbocycles. The highest BCUT2D eigenvalue weighted by molar-refractivity contribution is 7.09. The molecule has 3 N–H and O–H groups in total. The van der Waals surface area contributed by atoms with Crippen LogP contribution in [-0.2, 0) is 6.54 Å². The lowest BCUT2D eigenvalue weighted by atomic mass is 9.81. The third-order valence-corrected chi connectivity index (χ3v) is 4.93. The van der Waals surface area contributed by atoms with E-state index in [1.165, 1.54) is 43.4 Å². The lowest BCUT2D eigenvalue weighted by Crippen LogP contribution is -2.31. The van der Waals surface area contributed by atoms with Gasteiger partial charge in [-0.2, -0.15) is 0 Å². The SMILES string of the molecule is CCC1CCC(CNC(=O)c2csc(CN)n2)CC1. The summed E-state index contributed by atoms with van der Waals surface area (Å²) in [5, 5.41) is 5.60. The molecule has 1 aliphatic rings. The van der Waals surface area contributed by atoms with Crippen molar-refractivity contribution in [1.29, 1.82) is 0 Å². The summed E-state index contributed by atoms with van der Waals surface area (Å²) >= 11 is 1.45. The summed E-state index contributed by atoms with van der Waals surface area (Å²) in [6, 6.07) is 0. The van der Waals surface area contributed by atoms with Gasteiger partial charge < -0.3 is 11.1 Å². The number of hydrogen-bond donors (Lipinski definition) is 2. The van der Waals surface area contributed by atoms with Gasteiger partial charge in [-0.15, -0.1) is 11.3 Å². The van der Waals surface area contributed by atoms with Crippen LogP contribution in [0.3, 0.4) is 0 Å². The van der Waals surface area contributed by atoms with Crippen LogP contribution >= 0.6 is 11.3 Å². The van der Waals surface area contributed by atoms with Crippen LogP contribution in [0.1, 0.15) is 54.5 Å². The minimum atomic E-state index is -0.0615. The van der Waals surface area contributed by atoms with E-state index >= 15 is 0 Å². The Morgan fingerprint density at radius 1 is 1.42 bits per heavy atom. The van der Waals surface area contributed by atoms with E-state index in [0.29, 0.717) is 18.2 Å². The fraction of sp³-hybridized carbons (Fsp3) is 0.714. The fourth-order valence-electron chi connectivity index (χ4n) is 2.68. The largest absolute Gasteiger partial charge is 0.350 e. The van der Waals surface area contributed by atoms with E-state index in [4.69, 9.17) is 5.73 Å². The molecule has 1 aromatic heterocycles. The number of nitrogens with two attached hydrogens (primary N) is 1. The Morgan fingerprint density at radius 3 is 2.68 bits per heavy atom. The second-order valence-corrected chi connectivity index (χ2v) is 6.28. The molecule has 0 radical (unpaired) electrons. The summed E-state index contributed by atoms with van der Waals surface area (Å²) < 4.78 is 0. The highest BCUT2D eigenvalue weighted by Crippen LogP contribution is 2.30. The van der Waals surface area contributed by atoms with Crippen LogP contribution in [0.2, 0.25) is 0 Å². The van der Waals surface area contributed by atoms with Gasteiger partial charge in [0.25, 0.3) is 5.91 Å². The predicted octanol–water partition coefficient (Wildman–Crippen LogP) is 2.55. The van der Waals surface area contributed by atoms with Gasteiger partial charge in [-0.1, -0.05) is 26.2 Å². The molecule has 0 bridgehead atoms. The molecule has 19 heavy (non-hydrogen) atoms. The highest BCUT2D eigenvalue weighted by Gasteiger charge is 2.20. The van der Waals surface area contributed by atoms with Gasteiger partial charge >= 0.3 is 0 Å². The van der Waals surface area contributed by atoms with Crippen LogP contribution in [-0.4, -0.2) is 17.4 Å². The maximum absolute atomic E-state index is 11.9. The highest BCUT2D eigenvalue weighted by atomic mass is 32.1. The standard InChI is InChI=1S/C14H23N3OS/c1-2-10-3-5-11(6-4-10)8-16-14(18)12-9-19-13(7-15)17-12/h9-11H,2-8,15H2,1H3,(H,16,18). The fourth-order valence-corrected chi connectivity index (χ4v) is 3.34. The molecule has 0 atom stereocenters. The Morgan fingerprint density at radius 2 is 2.11 bits per heavy atom. The minimum absolute atomic E-state index is 0.0615. The first-order valence-corrected chi connectivity index (χ1v) is 8.03. The molecular weight excluding hydrogens is 258 g/mol. The van der Waals surface area contributed by atoms with Crippen LogP contribution in [0.5, 0.6) is 0 Å². The molecule has 5 heteroatoms. The number of carbonyl (C=O) groups excluding carboxylic acids is 1. The summed E-state index contributed by atoms with van der Waals surface area (Å²) in [4.78, 5) is 16.1. The number of amides is 1. The van der Waals surface area contributed by atoms with Crippen molar-refractivity contribution >= 4 is 17.2 Å². The molecule has 1 heterocycles. The average Bonchev–Trinajstić information content (AvgIpc) is 2.94. The van der Waals surface area contributed by atoms with Crippen molar-refractivity contribution in [1.82, 2.24) is 10.3 Å². The first-order valence-electron chi connectivity index (χ1n) is 7.15. The third-order valence-electron chi connectivity index (χ3n) is 4.05. The van der Waals surface area contributed by atoms with Crippen molar-refractivity contribution < 1.29 is 4.79 Å². The zero-order chi connectivity index (χ0) is 13.7. The van der Waals surface area contributed by atoms with Crippen LogP contribution < -0.4 is 11.1 Å². The monoisotopic (exact) mass is 281 g/mol. The maximum Gasteiger partial charge on any atom is 0.270 e. The summed E-state index contributed by atoms with van der Waals surface area (Å²) in [5.74, 6) is 1.48. The molecule has 1 aromatic rings. The number of carbonyl (C=O) groups is 1. The smallest absolute Gasteiger partial charge is 0.270 e. The van der Waals surface area contributed by atoms with E-state index in [-0.39, 0.29) is 5.91 Å². The van der Waals surface area contributed by atoms with E-state index in [1.54, 1.807) is 5.38 Å². The quantitative estimate of drug-likeness (QED) is 0.871. The van der Waals surface area contributed by atoms with Crippen molar-refractivity contribution in [2.75, 3.05) is 6.54 Å². The number of nitrogens with zero attached hydrogens (tertiary/aromatic N) is 1. The zero-order valence-corrected chi connectivity index (χ0v) is 12.3. The Balaban J connectivity index is 1.75. The van der Waals surface area contributed by atoms with Crippen molar-refractivity contribution in [3.63, 3.8) is 0 Å². The van der Waals surface area contributed by atoms with Crippen LogP contribution in [0.4, 0.5) is 0 Å². The first-order chi connectivity index (χ1) is 9.22. The molecule has 0 aromatic carbocycles. The maximum atomic E-state index is 11.9. The number of nitrogens with one attached hydrogen (secondary N) is 1. The molecule has 0 spiro atoms. The Hall–Kier alpha value is -0.940. The van der Waals surface area contributed by atoms with Gasteiger partial charge in [0, 0.05) is 18.5 Å². The van der Waals surface area contributed by atoms with E-state index in [9.17, 15) is 4.79 Å². The van der Waals surface area contributed by atoms with Crippen molar-refractivity contribution in [2.24, 2.45) is 17.6 Å². The predicted molar refractivity (Wildman–Crippen MR) is 78.1 cm³/mol. The molecule has 1 amide bonds. The topological polar surface area (TPSA) is 68.0 Å². The van der Waals surface area contributed by atoms with E-state index < -0.39 is 0 Å². The molecule has 0 saturated heterocycles. The normalized spacial score (nSPS) is 23.3. The van der Waals surface area contributed by atoms with Gasteiger partial charge in [-0.3, -0.25) is 4.79 Å². The third kappa shape index (κ3) is 4.01. The van der Waals surface area contributed by atoms with Gasteiger partial charge in [0.2, 0.25) is 0 Å². The van der Waals surface area contributed by atoms with Crippen LogP contribution in [0.15, 0.2) is 5.38 Å².